The fourth-order valence-corrected chi connectivity index (χ4v) is 4.77. The van der Waals surface area contributed by atoms with Crippen LogP contribution in [0.4, 0.5) is 0 Å². The molecule has 0 aliphatic carbocycles. The van der Waals surface area contributed by atoms with Crippen molar-refractivity contribution in [2.75, 3.05) is 0 Å². The first kappa shape index (κ1) is 19.5. The summed E-state index contributed by atoms with van der Waals surface area (Å²) in [5.74, 6) is 0.109. The molecule has 0 atom stereocenters. The van der Waals surface area contributed by atoms with Crippen molar-refractivity contribution in [2.24, 2.45) is 5.10 Å². The number of halogens is 1. The molecule has 5 nitrogen and oxygen atoms in total. The van der Waals surface area contributed by atoms with E-state index in [0.29, 0.717) is 14.9 Å². The first-order valence-electron chi connectivity index (χ1n) is 9.53. The van der Waals surface area contributed by atoms with Gasteiger partial charge >= 0.3 is 0 Å². The molecule has 0 radical (unpaired) electrons. The van der Waals surface area contributed by atoms with Crippen LogP contribution in [0.5, 0.6) is 5.75 Å². The highest BCUT2D eigenvalue weighted by Crippen LogP contribution is 2.26. The number of rotatable bonds is 3. The number of aromatic hydroxyl groups is 1. The Labute approximate surface area is 190 Å². The summed E-state index contributed by atoms with van der Waals surface area (Å²) in [7, 11) is 0. The van der Waals surface area contributed by atoms with Crippen LogP contribution in [0.3, 0.4) is 0 Å². The molecule has 5 rings (SSSR count). The van der Waals surface area contributed by atoms with Crippen molar-refractivity contribution in [1.82, 2.24) is 9.99 Å². The number of thiazole rings is 1. The zero-order valence-electron chi connectivity index (χ0n) is 16.1. The van der Waals surface area contributed by atoms with E-state index in [0.717, 1.165) is 27.0 Å². The van der Waals surface area contributed by atoms with Gasteiger partial charge in [0.05, 0.1) is 15.9 Å². The van der Waals surface area contributed by atoms with Crippen LogP contribution < -0.4 is 20.3 Å². The lowest BCUT2D eigenvalue weighted by molar-refractivity contribution is 0.474. The van der Waals surface area contributed by atoms with Crippen molar-refractivity contribution in [2.45, 2.75) is 0 Å². The van der Waals surface area contributed by atoms with Crippen molar-refractivity contribution < 1.29 is 5.11 Å². The maximum Gasteiger partial charge on any atom is 0.275 e. The minimum atomic E-state index is -0.183. The third-order valence-corrected chi connectivity index (χ3v) is 6.38. The fraction of sp³-hybridized carbons (Fsp3) is 0. The summed E-state index contributed by atoms with van der Waals surface area (Å²) in [6.07, 6.45) is 1.69. The van der Waals surface area contributed by atoms with Crippen LogP contribution >= 0.6 is 27.3 Å². The minimum absolute atomic E-state index is 0.109. The Balaban J connectivity index is 1.79. The average molecular weight is 490 g/mol. The highest BCUT2D eigenvalue weighted by molar-refractivity contribution is 9.10. The van der Waals surface area contributed by atoms with E-state index >= 15 is 0 Å². The molecular formula is C24H16BrN3O2S. The SMILES string of the molecule is O=c1/c(=C/c2cc(Br)ccc2O)sc2n1C(c1ccccc1)=C(c1ccccc1)NN=2. The summed E-state index contributed by atoms with van der Waals surface area (Å²) in [6, 6.07) is 24.7. The molecule has 2 heterocycles. The number of hydrogen-bond donors (Lipinski definition) is 2. The Hall–Kier alpha value is -3.42. The van der Waals surface area contributed by atoms with E-state index in [2.05, 4.69) is 26.5 Å². The van der Waals surface area contributed by atoms with Crippen molar-refractivity contribution in [3.05, 3.63) is 120 Å². The first-order valence-corrected chi connectivity index (χ1v) is 11.1. The highest BCUT2D eigenvalue weighted by Gasteiger charge is 2.21. The number of benzene rings is 3. The number of nitrogens with zero attached hydrogens (tertiary/aromatic N) is 2. The highest BCUT2D eigenvalue weighted by atomic mass is 79.9. The van der Waals surface area contributed by atoms with Crippen LogP contribution in [0, 0.1) is 0 Å². The third kappa shape index (κ3) is 3.62. The normalized spacial score (nSPS) is 13.5. The summed E-state index contributed by atoms with van der Waals surface area (Å²) >= 11 is 4.68. The molecule has 0 saturated heterocycles. The molecule has 0 bridgehead atoms. The van der Waals surface area contributed by atoms with Gasteiger partial charge in [0.15, 0.2) is 0 Å². The second kappa shape index (κ2) is 8.02. The molecule has 1 aliphatic rings. The van der Waals surface area contributed by atoms with E-state index in [1.165, 1.54) is 11.3 Å². The lowest BCUT2D eigenvalue weighted by atomic mass is 10.0. The maximum absolute atomic E-state index is 13.5. The van der Waals surface area contributed by atoms with Crippen molar-refractivity contribution >= 4 is 44.7 Å². The van der Waals surface area contributed by atoms with Crippen LogP contribution in [-0.2, 0) is 0 Å². The molecule has 0 spiro atoms. The molecule has 152 valence electrons. The summed E-state index contributed by atoms with van der Waals surface area (Å²) in [6.45, 7) is 0. The predicted molar refractivity (Wildman–Crippen MR) is 127 cm³/mol. The van der Waals surface area contributed by atoms with Gasteiger partial charge in [-0.2, -0.15) is 0 Å². The van der Waals surface area contributed by atoms with E-state index in [4.69, 9.17) is 0 Å². The minimum Gasteiger partial charge on any atom is -0.507 e. The van der Waals surface area contributed by atoms with Gasteiger partial charge in [0.1, 0.15) is 5.75 Å². The van der Waals surface area contributed by atoms with Gasteiger partial charge in [0, 0.05) is 21.2 Å². The maximum atomic E-state index is 13.5. The van der Waals surface area contributed by atoms with Gasteiger partial charge in [0.2, 0.25) is 4.80 Å². The lowest BCUT2D eigenvalue weighted by Crippen LogP contribution is -2.36. The summed E-state index contributed by atoms with van der Waals surface area (Å²) < 4.78 is 2.94. The number of fused-ring (bicyclic) bond motifs is 1. The van der Waals surface area contributed by atoms with Crippen molar-refractivity contribution in [3.63, 3.8) is 0 Å². The van der Waals surface area contributed by atoms with Gasteiger partial charge in [0.25, 0.3) is 5.56 Å². The van der Waals surface area contributed by atoms with Gasteiger partial charge < -0.3 is 5.11 Å². The van der Waals surface area contributed by atoms with E-state index < -0.39 is 0 Å². The summed E-state index contributed by atoms with van der Waals surface area (Å²) in [4.78, 5) is 14.0. The zero-order valence-corrected chi connectivity index (χ0v) is 18.5. The Bertz CT molecular complexity index is 1490. The molecule has 0 unspecified atom stereocenters. The largest absolute Gasteiger partial charge is 0.507 e. The standard InChI is InChI=1S/C24H16BrN3O2S/c25-18-11-12-19(29)17(13-18)14-20-23(30)28-22(16-9-5-2-6-10-16)21(26-27-24(28)31-20)15-7-3-1-4-8-15/h1-14,26,29H/b20-14-. The van der Waals surface area contributed by atoms with E-state index in [9.17, 15) is 9.90 Å². The Kier molecular flexibility index (Phi) is 5.05. The zero-order chi connectivity index (χ0) is 21.4. The topological polar surface area (TPSA) is 66.6 Å². The number of phenols is 1. The molecule has 0 saturated carbocycles. The number of aromatic nitrogens is 1. The summed E-state index contributed by atoms with van der Waals surface area (Å²) in [5, 5.41) is 14.7. The van der Waals surface area contributed by atoms with Gasteiger partial charge in [-0.25, -0.2) is 4.57 Å². The lowest BCUT2D eigenvalue weighted by Gasteiger charge is -2.19. The quantitative estimate of drug-likeness (QED) is 0.460. The second-order valence-electron chi connectivity index (χ2n) is 6.92. The Morgan fingerprint density at radius 3 is 2.35 bits per heavy atom. The van der Waals surface area contributed by atoms with Crippen LogP contribution in [-0.4, -0.2) is 9.67 Å². The molecule has 0 fully saturated rings. The number of hydrogen-bond acceptors (Lipinski definition) is 5. The molecule has 1 aromatic heterocycles. The molecular weight excluding hydrogens is 474 g/mol. The number of phenolic OH excluding ortho intramolecular Hbond substituents is 1. The van der Waals surface area contributed by atoms with E-state index in [-0.39, 0.29) is 11.3 Å². The monoisotopic (exact) mass is 489 g/mol. The van der Waals surface area contributed by atoms with Crippen LogP contribution in [0.1, 0.15) is 16.7 Å². The molecule has 4 aromatic rings. The summed E-state index contributed by atoms with van der Waals surface area (Å²) in [5.41, 5.74) is 6.87. The van der Waals surface area contributed by atoms with Gasteiger partial charge in [-0.15, -0.1) is 5.10 Å². The van der Waals surface area contributed by atoms with Gasteiger partial charge in [-0.1, -0.05) is 87.9 Å². The van der Waals surface area contributed by atoms with Gasteiger partial charge in [-0.3, -0.25) is 10.2 Å². The third-order valence-electron chi connectivity index (χ3n) is 4.92. The number of nitrogens with one attached hydrogen (secondary N) is 1. The van der Waals surface area contributed by atoms with Gasteiger partial charge in [-0.05, 0) is 24.3 Å². The van der Waals surface area contributed by atoms with Crippen molar-refractivity contribution in [3.8, 4) is 5.75 Å². The van der Waals surface area contributed by atoms with Crippen molar-refractivity contribution in [1.29, 1.82) is 0 Å². The fourth-order valence-electron chi connectivity index (χ4n) is 3.47. The van der Waals surface area contributed by atoms with Crippen LogP contribution in [0.25, 0.3) is 17.5 Å². The molecule has 2 N–H and O–H groups in total. The molecule has 1 aliphatic heterocycles. The second-order valence-corrected chi connectivity index (χ2v) is 8.84. The molecule has 3 aromatic carbocycles. The smallest absolute Gasteiger partial charge is 0.275 e. The van der Waals surface area contributed by atoms with E-state index in [1.807, 2.05) is 60.7 Å². The van der Waals surface area contributed by atoms with Crippen LogP contribution in [0.15, 0.2) is 93.2 Å². The molecule has 31 heavy (non-hydrogen) atoms. The predicted octanol–water partition coefficient (Wildman–Crippen LogP) is 3.72. The first-order chi connectivity index (χ1) is 15.1. The van der Waals surface area contributed by atoms with Crippen LogP contribution in [0.2, 0.25) is 0 Å². The van der Waals surface area contributed by atoms with E-state index in [1.54, 1.807) is 28.8 Å². The molecule has 7 heteroatoms. The Morgan fingerprint density at radius 1 is 0.968 bits per heavy atom. The molecule has 0 amide bonds. The Morgan fingerprint density at radius 2 is 1.65 bits per heavy atom. The average Bonchev–Trinajstić information content (AvgIpc) is 3.12.